The van der Waals surface area contributed by atoms with Crippen LogP contribution in [0.15, 0.2) is 30.6 Å². The Morgan fingerprint density at radius 2 is 2.26 bits per heavy atom. The van der Waals surface area contributed by atoms with Crippen LogP contribution in [0.1, 0.15) is 23.3 Å². The molecule has 2 heterocycles. The van der Waals surface area contributed by atoms with Crippen LogP contribution < -0.4 is 5.73 Å². The Bertz CT molecular complexity index is 693. The Morgan fingerprint density at radius 3 is 2.89 bits per heavy atom. The molecule has 6 nitrogen and oxygen atoms in total. The third-order valence-corrected chi connectivity index (χ3v) is 3.25. The topological polar surface area (TPSA) is 97.6 Å². The largest absolute Gasteiger partial charge is 0.364 e. The van der Waals surface area contributed by atoms with E-state index in [0.717, 1.165) is 18.4 Å². The average Bonchev–Trinajstić information content (AvgIpc) is 3.08. The minimum Gasteiger partial charge on any atom is -0.364 e. The van der Waals surface area contributed by atoms with Gasteiger partial charge in [-0.25, -0.2) is 4.98 Å². The van der Waals surface area contributed by atoms with Crippen LogP contribution >= 0.6 is 0 Å². The molecular weight excluding hydrogens is 242 g/mol. The van der Waals surface area contributed by atoms with Crippen molar-refractivity contribution < 1.29 is 4.79 Å². The first-order chi connectivity index (χ1) is 9.14. The van der Waals surface area contributed by atoms with Gasteiger partial charge in [0.1, 0.15) is 11.2 Å². The Balaban J connectivity index is 1.97. The highest BCUT2D eigenvalue weighted by Gasteiger charge is 2.46. The summed E-state index contributed by atoms with van der Waals surface area (Å²) >= 11 is 0. The number of pyridine rings is 1. The average molecular weight is 253 g/mol. The molecule has 3 rings (SSSR count). The maximum Gasteiger partial charge on any atom is 0.267 e. The van der Waals surface area contributed by atoms with Crippen LogP contribution in [0.5, 0.6) is 0 Å². The molecule has 0 saturated heterocycles. The van der Waals surface area contributed by atoms with Gasteiger partial charge in [-0.2, -0.15) is 10.4 Å². The van der Waals surface area contributed by atoms with Gasteiger partial charge < -0.3 is 5.73 Å². The molecule has 2 aromatic heterocycles. The monoisotopic (exact) mass is 253 g/mol. The molecule has 19 heavy (non-hydrogen) atoms. The maximum absolute atomic E-state index is 11.1. The molecule has 1 aliphatic carbocycles. The van der Waals surface area contributed by atoms with Gasteiger partial charge in [0.25, 0.3) is 5.91 Å². The van der Waals surface area contributed by atoms with Gasteiger partial charge in [-0.1, -0.05) is 6.07 Å². The summed E-state index contributed by atoms with van der Waals surface area (Å²) in [5, 5.41) is 13.3. The zero-order chi connectivity index (χ0) is 13.5. The fourth-order valence-electron chi connectivity index (χ4n) is 1.93. The molecule has 6 heteroatoms. The Labute approximate surface area is 109 Å². The second kappa shape index (κ2) is 3.92. The van der Waals surface area contributed by atoms with Crippen molar-refractivity contribution in [1.29, 1.82) is 5.26 Å². The smallest absolute Gasteiger partial charge is 0.267 e. The third-order valence-electron chi connectivity index (χ3n) is 3.25. The summed E-state index contributed by atoms with van der Waals surface area (Å²) in [6.07, 6.45) is 5.06. The van der Waals surface area contributed by atoms with E-state index in [4.69, 9.17) is 11.0 Å². The quantitative estimate of drug-likeness (QED) is 0.884. The van der Waals surface area contributed by atoms with E-state index in [2.05, 4.69) is 16.2 Å². The molecular formula is C13H11N5O. The van der Waals surface area contributed by atoms with Crippen molar-refractivity contribution >= 4 is 5.91 Å². The highest BCUT2D eigenvalue weighted by Crippen LogP contribution is 2.42. The van der Waals surface area contributed by atoms with E-state index in [1.807, 2.05) is 0 Å². The van der Waals surface area contributed by atoms with E-state index in [1.165, 1.54) is 0 Å². The second-order valence-electron chi connectivity index (χ2n) is 4.59. The van der Waals surface area contributed by atoms with Crippen molar-refractivity contribution in [3.63, 3.8) is 0 Å². The standard InChI is InChI=1S/C13H11N5O/c14-8-13(4-5-13)18-7-9(6-16-18)10-2-1-3-11(17-10)12(15)19/h1-3,6-7H,4-5H2,(H2,15,19). The Morgan fingerprint density at radius 1 is 1.47 bits per heavy atom. The molecule has 1 fully saturated rings. The number of nitrogens with two attached hydrogens (primary N) is 1. The molecule has 94 valence electrons. The predicted octanol–water partition coefficient (Wildman–Crippen LogP) is 1.06. The molecule has 0 aromatic carbocycles. The molecule has 0 radical (unpaired) electrons. The van der Waals surface area contributed by atoms with Crippen molar-refractivity contribution in [2.75, 3.05) is 0 Å². The number of carbonyl (C=O) groups excluding carboxylic acids is 1. The number of nitrogens with zero attached hydrogens (tertiary/aromatic N) is 4. The van der Waals surface area contributed by atoms with E-state index >= 15 is 0 Å². The summed E-state index contributed by atoms with van der Waals surface area (Å²) in [5.74, 6) is -0.565. The van der Waals surface area contributed by atoms with Gasteiger partial charge in [-0.3, -0.25) is 9.48 Å². The normalized spacial score (nSPS) is 15.7. The highest BCUT2D eigenvalue weighted by molar-refractivity contribution is 5.91. The number of hydrogen-bond acceptors (Lipinski definition) is 4. The lowest BCUT2D eigenvalue weighted by Gasteiger charge is -2.04. The number of primary amides is 1. The molecule has 1 amide bonds. The van der Waals surface area contributed by atoms with Gasteiger partial charge in [0.2, 0.25) is 0 Å². The molecule has 1 saturated carbocycles. The SMILES string of the molecule is N#CC1(n2cc(-c3cccc(C(N)=O)n3)cn2)CC1. The number of amides is 1. The number of aromatic nitrogens is 3. The molecule has 0 aliphatic heterocycles. The van der Waals surface area contributed by atoms with Gasteiger partial charge in [-0.15, -0.1) is 0 Å². The number of hydrogen-bond donors (Lipinski definition) is 1. The lowest BCUT2D eigenvalue weighted by molar-refractivity contribution is 0.0995. The Hall–Kier alpha value is -2.68. The van der Waals surface area contributed by atoms with Gasteiger partial charge >= 0.3 is 0 Å². The lowest BCUT2D eigenvalue weighted by atomic mass is 10.2. The van der Waals surface area contributed by atoms with Crippen LogP contribution in [0.2, 0.25) is 0 Å². The summed E-state index contributed by atoms with van der Waals surface area (Å²) in [6.45, 7) is 0. The zero-order valence-electron chi connectivity index (χ0n) is 10.1. The van der Waals surface area contributed by atoms with Crippen LogP contribution in [0.4, 0.5) is 0 Å². The van der Waals surface area contributed by atoms with E-state index in [1.54, 1.807) is 35.3 Å². The number of carbonyl (C=O) groups is 1. The predicted molar refractivity (Wildman–Crippen MR) is 66.8 cm³/mol. The fourth-order valence-corrected chi connectivity index (χ4v) is 1.93. The first-order valence-electron chi connectivity index (χ1n) is 5.88. The van der Waals surface area contributed by atoms with Gasteiger partial charge in [-0.05, 0) is 25.0 Å². The lowest BCUT2D eigenvalue weighted by Crippen LogP contribution is -2.14. The van der Waals surface area contributed by atoms with Crippen molar-refractivity contribution in [3.05, 3.63) is 36.3 Å². The molecule has 0 atom stereocenters. The maximum atomic E-state index is 11.1. The highest BCUT2D eigenvalue weighted by atomic mass is 16.1. The van der Waals surface area contributed by atoms with E-state index in [-0.39, 0.29) is 5.69 Å². The van der Waals surface area contributed by atoms with Crippen molar-refractivity contribution in [3.8, 4) is 17.3 Å². The summed E-state index contributed by atoms with van der Waals surface area (Å²) < 4.78 is 1.67. The van der Waals surface area contributed by atoms with E-state index in [9.17, 15) is 4.79 Å². The Kier molecular flexibility index (Phi) is 2.35. The van der Waals surface area contributed by atoms with Gasteiger partial charge in [0, 0.05) is 11.8 Å². The van der Waals surface area contributed by atoms with E-state index in [0.29, 0.717) is 5.69 Å². The number of nitriles is 1. The van der Waals surface area contributed by atoms with Crippen LogP contribution in [0, 0.1) is 11.3 Å². The molecule has 2 aromatic rings. The molecule has 0 bridgehead atoms. The molecule has 2 N–H and O–H groups in total. The first kappa shape index (κ1) is 11.4. The van der Waals surface area contributed by atoms with Crippen LogP contribution in [0.3, 0.4) is 0 Å². The summed E-state index contributed by atoms with van der Waals surface area (Å²) in [4.78, 5) is 15.3. The van der Waals surface area contributed by atoms with Gasteiger partial charge in [0.15, 0.2) is 0 Å². The van der Waals surface area contributed by atoms with Crippen LogP contribution in [0.25, 0.3) is 11.3 Å². The summed E-state index contributed by atoms with van der Waals surface area (Å²) in [7, 11) is 0. The summed E-state index contributed by atoms with van der Waals surface area (Å²) in [6, 6.07) is 7.33. The third kappa shape index (κ3) is 1.85. The van der Waals surface area contributed by atoms with E-state index < -0.39 is 11.4 Å². The van der Waals surface area contributed by atoms with Crippen LogP contribution in [-0.4, -0.2) is 20.7 Å². The molecule has 1 aliphatic rings. The minimum atomic E-state index is -0.565. The first-order valence-corrected chi connectivity index (χ1v) is 5.88. The summed E-state index contributed by atoms with van der Waals surface area (Å²) in [5.41, 5.74) is 6.32. The second-order valence-corrected chi connectivity index (χ2v) is 4.59. The van der Waals surface area contributed by atoms with Crippen molar-refractivity contribution in [2.45, 2.75) is 18.4 Å². The zero-order valence-corrected chi connectivity index (χ0v) is 10.1. The van der Waals surface area contributed by atoms with Gasteiger partial charge in [0.05, 0.1) is 18.0 Å². The number of rotatable bonds is 3. The van der Waals surface area contributed by atoms with Crippen LogP contribution in [-0.2, 0) is 5.54 Å². The fraction of sp³-hybridized carbons (Fsp3) is 0.231. The molecule has 0 unspecified atom stereocenters. The minimum absolute atomic E-state index is 0.215. The van der Waals surface area contributed by atoms with Crippen molar-refractivity contribution in [2.24, 2.45) is 5.73 Å². The molecule has 0 spiro atoms. The van der Waals surface area contributed by atoms with Crippen molar-refractivity contribution in [1.82, 2.24) is 14.8 Å².